The van der Waals surface area contributed by atoms with E-state index in [1.165, 1.54) is 0 Å². The van der Waals surface area contributed by atoms with E-state index in [4.69, 9.17) is 15.0 Å². The van der Waals surface area contributed by atoms with Gasteiger partial charge in [-0.3, -0.25) is 0 Å². The van der Waals surface area contributed by atoms with Gasteiger partial charge in [0.2, 0.25) is 0 Å². The van der Waals surface area contributed by atoms with E-state index in [1.807, 2.05) is 30.5 Å². The fourth-order valence-corrected chi connectivity index (χ4v) is 6.36. The molecule has 4 heterocycles. The minimum Gasteiger partial charge on any atom is -0.306 e. The van der Waals surface area contributed by atoms with Crippen molar-refractivity contribution in [2.75, 3.05) is 0 Å². The van der Waals surface area contributed by atoms with Crippen molar-refractivity contribution >= 4 is 38.2 Å². The fourth-order valence-electron chi connectivity index (χ4n) is 6.36. The van der Waals surface area contributed by atoms with Gasteiger partial charge in [-0.05, 0) is 46.8 Å². The predicted octanol–water partition coefficient (Wildman–Crippen LogP) is 10.3. The number of aromatic nitrogens is 4. The molecular weight excluding hydrogens is 548 g/mol. The van der Waals surface area contributed by atoms with Crippen molar-refractivity contribution in [2.45, 2.75) is 0 Å². The molecule has 0 atom stereocenters. The molecule has 0 saturated heterocycles. The van der Waals surface area contributed by atoms with E-state index in [0.29, 0.717) is 0 Å². The number of rotatable bonds is 4. The van der Waals surface area contributed by atoms with Crippen LogP contribution in [0.5, 0.6) is 0 Å². The Morgan fingerprint density at radius 3 is 2.09 bits per heavy atom. The predicted molar refractivity (Wildman–Crippen MR) is 185 cm³/mol. The summed E-state index contributed by atoms with van der Waals surface area (Å²) in [6, 6.07) is 50.8. The maximum atomic E-state index is 5.25. The van der Waals surface area contributed by atoms with Crippen molar-refractivity contribution < 1.29 is 0 Å². The van der Waals surface area contributed by atoms with Crippen molar-refractivity contribution in [3.05, 3.63) is 158 Å². The Morgan fingerprint density at radius 1 is 0.444 bits per heavy atom. The highest BCUT2D eigenvalue weighted by Gasteiger charge is 2.16. The van der Waals surface area contributed by atoms with E-state index in [0.717, 1.165) is 83.1 Å². The molecule has 0 unspecified atom stereocenters. The molecule has 4 nitrogen and oxygen atoms in total. The zero-order valence-corrected chi connectivity index (χ0v) is 24.3. The second-order valence-corrected chi connectivity index (χ2v) is 11.4. The van der Waals surface area contributed by atoms with E-state index in [1.54, 1.807) is 0 Å². The van der Waals surface area contributed by atoms with E-state index >= 15 is 0 Å². The lowest BCUT2D eigenvalue weighted by molar-refractivity contribution is 1.19. The summed E-state index contributed by atoms with van der Waals surface area (Å²) in [6.45, 7) is 0. The van der Waals surface area contributed by atoms with Gasteiger partial charge in [0.05, 0.1) is 28.1 Å². The molecule has 4 heteroatoms. The van der Waals surface area contributed by atoms with Crippen molar-refractivity contribution in [1.29, 1.82) is 0 Å². The maximum absolute atomic E-state index is 5.25. The summed E-state index contributed by atoms with van der Waals surface area (Å²) in [6.07, 6.45) is 4.11. The summed E-state index contributed by atoms with van der Waals surface area (Å²) >= 11 is 0. The number of hydrogen-bond acceptors (Lipinski definition) is 3. The van der Waals surface area contributed by atoms with Gasteiger partial charge in [0.25, 0.3) is 0 Å². The van der Waals surface area contributed by atoms with E-state index < -0.39 is 0 Å². The zero-order valence-electron chi connectivity index (χ0n) is 24.3. The fraction of sp³-hybridized carbons (Fsp3) is 0. The number of imidazole rings is 1. The zero-order chi connectivity index (χ0) is 29.7. The molecular formula is C41H26N4. The molecule has 0 bridgehead atoms. The van der Waals surface area contributed by atoms with Crippen LogP contribution in [-0.2, 0) is 0 Å². The van der Waals surface area contributed by atoms with Crippen LogP contribution in [0.2, 0.25) is 0 Å². The molecule has 45 heavy (non-hydrogen) atoms. The van der Waals surface area contributed by atoms with Crippen LogP contribution in [0.4, 0.5) is 0 Å². The van der Waals surface area contributed by atoms with Crippen LogP contribution in [-0.4, -0.2) is 19.4 Å². The van der Waals surface area contributed by atoms with Gasteiger partial charge in [-0.2, -0.15) is 0 Å². The number of fused-ring (bicyclic) bond motifs is 6. The largest absolute Gasteiger partial charge is 0.306 e. The van der Waals surface area contributed by atoms with Gasteiger partial charge in [-0.25, -0.2) is 15.0 Å². The van der Waals surface area contributed by atoms with Crippen LogP contribution >= 0.6 is 0 Å². The second kappa shape index (κ2) is 10.2. The number of pyridine rings is 3. The molecule has 4 aromatic heterocycles. The SMILES string of the molecule is c1ccc(-c2ccc3ccc4c5ccccc5nc(-c5ccc(-c6cccc(-c7cn8ccccc8n7)c6)cc5)c4c3n2)cc1. The lowest BCUT2D eigenvalue weighted by atomic mass is 9.95. The number of para-hydroxylation sites is 1. The van der Waals surface area contributed by atoms with Gasteiger partial charge in [0.1, 0.15) is 5.65 Å². The monoisotopic (exact) mass is 574 g/mol. The molecule has 0 aliphatic carbocycles. The van der Waals surface area contributed by atoms with Gasteiger partial charge in [0, 0.05) is 45.2 Å². The molecule has 0 amide bonds. The molecule has 210 valence electrons. The molecule has 0 radical (unpaired) electrons. The smallest absolute Gasteiger partial charge is 0.137 e. The van der Waals surface area contributed by atoms with Crippen molar-refractivity contribution in [1.82, 2.24) is 19.4 Å². The summed E-state index contributed by atoms with van der Waals surface area (Å²) in [5.74, 6) is 0. The molecule has 0 saturated carbocycles. The minimum absolute atomic E-state index is 0.940. The Kier molecular flexibility index (Phi) is 5.78. The van der Waals surface area contributed by atoms with Crippen molar-refractivity contribution in [3.63, 3.8) is 0 Å². The van der Waals surface area contributed by atoms with Crippen molar-refractivity contribution in [2.24, 2.45) is 0 Å². The highest BCUT2D eigenvalue weighted by atomic mass is 15.0. The van der Waals surface area contributed by atoms with Gasteiger partial charge in [-0.1, -0.05) is 115 Å². The first-order chi connectivity index (χ1) is 22.3. The molecule has 0 spiro atoms. The summed E-state index contributed by atoms with van der Waals surface area (Å²) in [4.78, 5) is 15.3. The summed E-state index contributed by atoms with van der Waals surface area (Å²) in [7, 11) is 0. The van der Waals surface area contributed by atoms with Crippen LogP contribution in [0.25, 0.3) is 83.1 Å². The highest BCUT2D eigenvalue weighted by molar-refractivity contribution is 6.20. The van der Waals surface area contributed by atoms with Crippen LogP contribution in [0.3, 0.4) is 0 Å². The van der Waals surface area contributed by atoms with E-state index in [9.17, 15) is 0 Å². The van der Waals surface area contributed by atoms with Crippen LogP contribution < -0.4 is 0 Å². The summed E-state index contributed by atoms with van der Waals surface area (Å²) in [5, 5.41) is 4.46. The second-order valence-electron chi connectivity index (χ2n) is 11.4. The summed E-state index contributed by atoms with van der Waals surface area (Å²) in [5.41, 5.74) is 11.3. The summed E-state index contributed by atoms with van der Waals surface area (Å²) < 4.78 is 2.05. The Morgan fingerprint density at radius 2 is 1.20 bits per heavy atom. The van der Waals surface area contributed by atoms with Crippen LogP contribution in [0, 0.1) is 0 Å². The van der Waals surface area contributed by atoms with Gasteiger partial charge in [0.15, 0.2) is 0 Å². The Hall–Kier alpha value is -6.13. The molecule has 9 aromatic rings. The number of hydrogen-bond donors (Lipinski definition) is 0. The molecule has 9 rings (SSSR count). The Balaban J connectivity index is 1.19. The first kappa shape index (κ1) is 25.4. The molecule has 0 aliphatic rings. The third-order valence-electron chi connectivity index (χ3n) is 8.61. The average Bonchev–Trinajstić information content (AvgIpc) is 3.56. The standard InChI is InChI=1S/C41H26N4/c1-2-9-28(10-3-1)35-23-21-30-20-22-34-33-13-4-5-14-36(33)44-41(39(34)40(30)43-35)29-18-16-27(17-19-29)31-11-8-12-32(25-31)37-26-45-24-7-6-15-38(45)42-37/h1-26H. The third-order valence-corrected chi connectivity index (χ3v) is 8.61. The molecule has 5 aromatic carbocycles. The molecule has 0 aliphatic heterocycles. The van der Waals surface area contributed by atoms with E-state index in [-0.39, 0.29) is 0 Å². The first-order valence-corrected chi connectivity index (χ1v) is 15.1. The number of nitrogens with zero attached hydrogens (tertiary/aromatic N) is 4. The van der Waals surface area contributed by atoms with Crippen molar-refractivity contribution in [3.8, 4) is 44.9 Å². The topological polar surface area (TPSA) is 43.1 Å². The maximum Gasteiger partial charge on any atom is 0.137 e. The van der Waals surface area contributed by atoms with Crippen LogP contribution in [0.1, 0.15) is 0 Å². The van der Waals surface area contributed by atoms with Gasteiger partial charge < -0.3 is 4.40 Å². The molecule has 0 N–H and O–H groups in total. The minimum atomic E-state index is 0.940. The lowest BCUT2D eigenvalue weighted by Crippen LogP contribution is -1.93. The quantitative estimate of drug-likeness (QED) is 0.196. The normalized spacial score (nSPS) is 11.6. The highest BCUT2D eigenvalue weighted by Crippen LogP contribution is 2.38. The van der Waals surface area contributed by atoms with Gasteiger partial charge in [-0.15, -0.1) is 0 Å². The first-order valence-electron chi connectivity index (χ1n) is 15.1. The van der Waals surface area contributed by atoms with E-state index in [2.05, 4.69) is 132 Å². The average molecular weight is 575 g/mol. The molecule has 0 fully saturated rings. The lowest BCUT2D eigenvalue weighted by Gasteiger charge is -2.14. The van der Waals surface area contributed by atoms with Gasteiger partial charge >= 0.3 is 0 Å². The van der Waals surface area contributed by atoms with Crippen LogP contribution in [0.15, 0.2) is 158 Å². The Bertz CT molecular complexity index is 2500. The Labute approximate surface area is 259 Å². The third kappa shape index (κ3) is 4.35. The number of benzene rings is 5.